The Morgan fingerprint density at radius 2 is 1.12 bits per heavy atom. The molecule has 10 rings (SSSR count). The van der Waals surface area contributed by atoms with Gasteiger partial charge in [-0.2, -0.15) is 0 Å². The SMILES string of the molecule is COc1cc(-c2ccc(C3CCc4ccc(C(C5CC5)C(C)C(C)=O)cc4C3)c(F)c2)ccn1.COc1ccc(F)c(-c2ccc(C3CCc4ccc(C(C5CC5)C(C)C(C)=O)cc4C3)cc2)c1. The summed E-state index contributed by atoms with van der Waals surface area (Å²) in [6, 6.07) is 36.3. The molecule has 4 aliphatic rings. The van der Waals surface area contributed by atoms with E-state index in [4.69, 9.17) is 9.47 Å². The molecule has 0 saturated heterocycles. The molecule has 0 bridgehead atoms. The lowest BCUT2D eigenvalue weighted by molar-refractivity contribution is -0.121. The van der Waals surface area contributed by atoms with Crippen molar-refractivity contribution in [3.05, 3.63) is 172 Å². The molecule has 7 heteroatoms. The maximum atomic E-state index is 15.3. The van der Waals surface area contributed by atoms with Gasteiger partial charge in [0.25, 0.3) is 0 Å². The third kappa shape index (κ3) is 10.4. The van der Waals surface area contributed by atoms with Gasteiger partial charge in [-0.3, -0.25) is 9.59 Å². The van der Waals surface area contributed by atoms with Crippen molar-refractivity contribution in [3.8, 4) is 33.9 Å². The standard InChI is InChI=1S/C31H33FO2.C30H32FNO2/c1-19(20(2)33)31(24-10-11-24)26-13-7-22-6-12-25(16-27(22)17-26)21-4-8-23(9-5-21)29-18-28(34-3)14-15-30(29)32;1-18(19(2)33)30(21-6-7-21)25-9-5-20-4-8-24(14-26(20)15-25)27-11-10-22(16-28(27)31)23-12-13-32-29(17-23)34-3/h4-5,7-9,13-15,17-19,24-25,31H,6,10-12,16H2,1-3H3;5,9-13,15-18,21,24,30H,4,6-8,14H2,1-3H3. The van der Waals surface area contributed by atoms with Crippen LogP contribution in [-0.4, -0.2) is 30.8 Å². The minimum Gasteiger partial charge on any atom is -0.497 e. The van der Waals surface area contributed by atoms with Gasteiger partial charge in [0, 0.05) is 29.7 Å². The Labute approximate surface area is 401 Å². The predicted octanol–water partition coefficient (Wildman–Crippen LogP) is 14.4. The summed E-state index contributed by atoms with van der Waals surface area (Å²) in [6.07, 6.45) is 12.5. The summed E-state index contributed by atoms with van der Waals surface area (Å²) < 4.78 is 40.2. The van der Waals surface area contributed by atoms with E-state index in [1.807, 2.05) is 36.4 Å². The molecule has 5 aromatic carbocycles. The van der Waals surface area contributed by atoms with Gasteiger partial charge in [0.15, 0.2) is 0 Å². The Balaban J connectivity index is 0.000000170. The second-order valence-corrected chi connectivity index (χ2v) is 20.3. The molecule has 0 radical (unpaired) electrons. The third-order valence-corrected chi connectivity index (χ3v) is 15.9. The first-order chi connectivity index (χ1) is 32.9. The van der Waals surface area contributed by atoms with Gasteiger partial charge in [-0.05, 0) is 205 Å². The van der Waals surface area contributed by atoms with Crippen molar-refractivity contribution in [1.82, 2.24) is 4.98 Å². The lowest BCUT2D eigenvalue weighted by Gasteiger charge is -2.28. The second-order valence-electron chi connectivity index (χ2n) is 20.3. The van der Waals surface area contributed by atoms with Crippen molar-refractivity contribution in [1.29, 1.82) is 0 Å². The average molecular weight is 914 g/mol. The smallest absolute Gasteiger partial charge is 0.213 e. The number of hydrogen-bond acceptors (Lipinski definition) is 5. The van der Waals surface area contributed by atoms with Crippen LogP contribution in [0.2, 0.25) is 0 Å². The molecule has 0 amide bonds. The molecular weight excluding hydrogens is 849 g/mol. The van der Waals surface area contributed by atoms with Crippen LogP contribution in [0.3, 0.4) is 0 Å². The highest BCUT2D eigenvalue weighted by Crippen LogP contribution is 2.49. The first kappa shape index (κ1) is 47.1. The molecule has 6 atom stereocenters. The molecular formula is C61H65F2NO4. The Kier molecular flexibility index (Phi) is 14.1. The van der Waals surface area contributed by atoms with E-state index in [1.165, 1.54) is 70.7 Å². The number of halogens is 2. The first-order valence-electron chi connectivity index (χ1n) is 24.9. The Bertz CT molecular complexity index is 2790. The molecule has 2 saturated carbocycles. The van der Waals surface area contributed by atoms with Crippen LogP contribution in [-0.2, 0) is 35.3 Å². The van der Waals surface area contributed by atoms with Gasteiger partial charge in [-0.1, -0.05) is 86.6 Å². The number of aryl methyl sites for hydroxylation is 2. The maximum Gasteiger partial charge on any atom is 0.213 e. The van der Waals surface area contributed by atoms with E-state index in [1.54, 1.807) is 52.5 Å². The minimum absolute atomic E-state index is 0.0433. The van der Waals surface area contributed by atoms with Crippen LogP contribution in [0.4, 0.5) is 8.78 Å². The predicted molar refractivity (Wildman–Crippen MR) is 268 cm³/mol. The maximum absolute atomic E-state index is 15.3. The number of rotatable bonds is 14. The normalized spacial score (nSPS) is 19.2. The van der Waals surface area contributed by atoms with Crippen molar-refractivity contribution in [2.45, 2.75) is 116 Å². The monoisotopic (exact) mass is 913 g/mol. The number of carbonyl (C=O) groups excluding carboxylic acids is 2. The summed E-state index contributed by atoms with van der Waals surface area (Å²) in [5.74, 6) is 4.00. The Hall–Kier alpha value is -5.95. The number of Topliss-reactive ketones (excluding diaryl/α,β-unsaturated/α-hetero) is 2. The summed E-state index contributed by atoms with van der Waals surface area (Å²) >= 11 is 0. The highest BCUT2D eigenvalue weighted by molar-refractivity contribution is 5.79. The molecule has 6 aromatic rings. The molecule has 0 aliphatic heterocycles. The number of benzene rings is 5. The number of carbonyl (C=O) groups is 2. The third-order valence-electron chi connectivity index (χ3n) is 15.9. The first-order valence-corrected chi connectivity index (χ1v) is 24.9. The van der Waals surface area contributed by atoms with Crippen molar-refractivity contribution in [3.63, 3.8) is 0 Å². The van der Waals surface area contributed by atoms with Gasteiger partial charge in [0.05, 0.1) is 14.2 Å². The summed E-state index contributed by atoms with van der Waals surface area (Å²) in [5.41, 5.74) is 13.4. The van der Waals surface area contributed by atoms with E-state index in [0.717, 1.165) is 60.8 Å². The van der Waals surface area contributed by atoms with Gasteiger partial charge in [0.2, 0.25) is 5.88 Å². The van der Waals surface area contributed by atoms with Gasteiger partial charge in [0.1, 0.15) is 29.0 Å². The van der Waals surface area contributed by atoms with E-state index in [9.17, 15) is 14.0 Å². The molecule has 5 nitrogen and oxygen atoms in total. The molecule has 2 fully saturated rings. The van der Waals surface area contributed by atoms with Crippen LogP contribution in [0.15, 0.2) is 115 Å². The van der Waals surface area contributed by atoms with Gasteiger partial charge in [-0.15, -0.1) is 0 Å². The van der Waals surface area contributed by atoms with E-state index < -0.39 is 0 Å². The van der Waals surface area contributed by atoms with E-state index in [2.05, 4.69) is 67.4 Å². The fourth-order valence-electron chi connectivity index (χ4n) is 11.4. The number of ether oxygens (including phenoxy) is 2. The zero-order valence-corrected chi connectivity index (χ0v) is 40.5. The number of hydrogen-bond donors (Lipinski definition) is 0. The van der Waals surface area contributed by atoms with E-state index in [-0.39, 0.29) is 35.2 Å². The molecule has 1 heterocycles. The lowest BCUT2D eigenvalue weighted by atomic mass is 9.76. The number of fused-ring (bicyclic) bond motifs is 2. The second kappa shape index (κ2) is 20.3. The molecule has 4 aliphatic carbocycles. The van der Waals surface area contributed by atoms with Crippen LogP contribution >= 0.6 is 0 Å². The highest BCUT2D eigenvalue weighted by Gasteiger charge is 2.39. The van der Waals surface area contributed by atoms with Crippen LogP contribution in [0, 0.1) is 35.3 Å². The summed E-state index contributed by atoms with van der Waals surface area (Å²) in [4.78, 5) is 28.5. The van der Waals surface area contributed by atoms with Crippen LogP contribution < -0.4 is 9.47 Å². The number of aromatic nitrogens is 1. The zero-order chi connectivity index (χ0) is 47.6. The van der Waals surface area contributed by atoms with E-state index in [0.29, 0.717) is 52.6 Å². The number of nitrogens with zero attached hydrogens (tertiary/aromatic N) is 1. The zero-order valence-electron chi connectivity index (χ0n) is 40.5. The molecule has 352 valence electrons. The average Bonchev–Trinajstić information content (AvgIpc) is 4.32. The molecule has 1 aromatic heterocycles. The van der Waals surface area contributed by atoms with Gasteiger partial charge in [-0.25, -0.2) is 13.8 Å². The van der Waals surface area contributed by atoms with Gasteiger partial charge >= 0.3 is 0 Å². The summed E-state index contributed by atoms with van der Waals surface area (Å²) in [5, 5.41) is 0. The molecule has 68 heavy (non-hydrogen) atoms. The molecule has 0 N–H and O–H groups in total. The van der Waals surface area contributed by atoms with Crippen molar-refractivity contribution in [2.75, 3.05) is 14.2 Å². The van der Waals surface area contributed by atoms with Gasteiger partial charge < -0.3 is 9.47 Å². The minimum atomic E-state index is -0.238. The number of ketones is 2. The largest absolute Gasteiger partial charge is 0.497 e. The fourth-order valence-corrected chi connectivity index (χ4v) is 11.4. The fraction of sp³-hybridized carbons (Fsp3) is 0.393. The number of methoxy groups -OCH3 is 2. The molecule has 0 spiro atoms. The van der Waals surface area contributed by atoms with E-state index >= 15 is 4.39 Å². The summed E-state index contributed by atoms with van der Waals surface area (Å²) in [6.45, 7) is 7.61. The van der Waals surface area contributed by atoms with Crippen molar-refractivity contribution in [2.24, 2.45) is 23.7 Å². The van der Waals surface area contributed by atoms with Crippen molar-refractivity contribution >= 4 is 11.6 Å². The molecule has 6 unspecified atom stereocenters. The van der Waals surface area contributed by atoms with Crippen LogP contribution in [0.25, 0.3) is 22.3 Å². The Morgan fingerprint density at radius 1 is 0.559 bits per heavy atom. The van der Waals surface area contributed by atoms with Crippen LogP contribution in [0.1, 0.15) is 134 Å². The quantitative estimate of drug-likeness (QED) is 0.109. The highest BCUT2D eigenvalue weighted by atomic mass is 19.1. The summed E-state index contributed by atoms with van der Waals surface area (Å²) in [7, 11) is 3.18. The van der Waals surface area contributed by atoms with Crippen LogP contribution in [0.5, 0.6) is 11.6 Å². The number of pyridine rings is 1. The Morgan fingerprint density at radius 3 is 1.66 bits per heavy atom. The van der Waals surface area contributed by atoms with Crippen molar-refractivity contribution < 1.29 is 27.8 Å². The topological polar surface area (TPSA) is 65.5 Å². The lowest BCUT2D eigenvalue weighted by Crippen LogP contribution is -2.20.